The van der Waals surface area contributed by atoms with Crippen LogP contribution in [0, 0.1) is 0 Å². The zero-order chi connectivity index (χ0) is 10.7. The lowest BCUT2D eigenvalue weighted by Crippen LogP contribution is -2.48. The maximum atomic E-state index is 12.0. The van der Waals surface area contributed by atoms with E-state index in [1.165, 1.54) is 6.33 Å². The Morgan fingerprint density at radius 2 is 2.20 bits per heavy atom. The molecule has 1 aliphatic heterocycles. The number of nitrogens with one attached hydrogen (secondary N) is 1. The summed E-state index contributed by atoms with van der Waals surface area (Å²) in [5, 5.41) is 7.19. The second-order valence-corrected chi connectivity index (χ2v) is 3.63. The SMILES string of the molecule is CC(C(=O)N1CCNCC1)n1cncn1. The summed E-state index contributed by atoms with van der Waals surface area (Å²) in [6.45, 7) is 5.14. The fraction of sp³-hybridized carbons (Fsp3) is 0.667. The third kappa shape index (κ3) is 2.15. The third-order valence-electron chi connectivity index (χ3n) is 2.62. The summed E-state index contributed by atoms with van der Waals surface area (Å²) in [5.74, 6) is 0.113. The maximum absolute atomic E-state index is 12.0. The van der Waals surface area contributed by atoms with Gasteiger partial charge in [-0.15, -0.1) is 0 Å². The van der Waals surface area contributed by atoms with Crippen molar-refractivity contribution in [2.75, 3.05) is 26.2 Å². The fourth-order valence-corrected chi connectivity index (χ4v) is 1.68. The molecule has 1 aromatic rings. The van der Waals surface area contributed by atoms with E-state index in [-0.39, 0.29) is 11.9 Å². The molecule has 0 saturated carbocycles. The minimum absolute atomic E-state index is 0.113. The van der Waals surface area contributed by atoms with Gasteiger partial charge >= 0.3 is 0 Å². The number of aromatic nitrogens is 3. The van der Waals surface area contributed by atoms with E-state index in [0.717, 1.165) is 26.2 Å². The Balaban J connectivity index is 2.00. The van der Waals surface area contributed by atoms with Gasteiger partial charge in [-0.3, -0.25) is 4.79 Å². The molecular weight excluding hydrogens is 194 g/mol. The van der Waals surface area contributed by atoms with Crippen LogP contribution >= 0.6 is 0 Å². The Kier molecular flexibility index (Phi) is 2.96. The molecule has 0 aliphatic carbocycles. The Labute approximate surface area is 88.3 Å². The van der Waals surface area contributed by atoms with Crippen molar-refractivity contribution in [2.24, 2.45) is 0 Å². The molecule has 2 heterocycles. The van der Waals surface area contributed by atoms with Crippen molar-refractivity contribution >= 4 is 5.91 Å². The van der Waals surface area contributed by atoms with E-state index in [9.17, 15) is 4.79 Å². The zero-order valence-electron chi connectivity index (χ0n) is 8.76. The smallest absolute Gasteiger partial charge is 0.247 e. The highest BCUT2D eigenvalue weighted by Crippen LogP contribution is 2.08. The van der Waals surface area contributed by atoms with Gasteiger partial charge in [0.25, 0.3) is 0 Å². The van der Waals surface area contributed by atoms with Gasteiger partial charge < -0.3 is 10.2 Å². The third-order valence-corrected chi connectivity index (χ3v) is 2.62. The molecule has 1 saturated heterocycles. The van der Waals surface area contributed by atoms with Crippen LogP contribution < -0.4 is 5.32 Å². The van der Waals surface area contributed by atoms with Crippen LogP contribution in [0.15, 0.2) is 12.7 Å². The lowest BCUT2D eigenvalue weighted by atomic mass is 10.2. The standard InChI is InChI=1S/C9H15N5O/c1-8(14-7-11-6-12-14)9(15)13-4-2-10-3-5-13/h6-8,10H,2-5H2,1H3. The molecule has 0 bridgehead atoms. The molecule has 2 rings (SSSR count). The Morgan fingerprint density at radius 1 is 1.47 bits per heavy atom. The summed E-state index contributed by atoms with van der Waals surface area (Å²) in [7, 11) is 0. The highest BCUT2D eigenvalue weighted by atomic mass is 16.2. The summed E-state index contributed by atoms with van der Waals surface area (Å²) in [6, 6.07) is -0.259. The number of piperazine rings is 1. The summed E-state index contributed by atoms with van der Waals surface area (Å²) < 4.78 is 1.59. The van der Waals surface area contributed by atoms with E-state index in [1.54, 1.807) is 11.0 Å². The zero-order valence-corrected chi connectivity index (χ0v) is 8.76. The molecule has 0 radical (unpaired) electrons. The van der Waals surface area contributed by atoms with Gasteiger partial charge in [-0.25, -0.2) is 9.67 Å². The van der Waals surface area contributed by atoms with Crippen LogP contribution in [-0.2, 0) is 4.79 Å². The van der Waals surface area contributed by atoms with Crippen LogP contribution in [0.4, 0.5) is 0 Å². The van der Waals surface area contributed by atoms with Gasteiger partial charge in [-0.1, -0.05) is 0 Å². The Morgan fingerprint density at radius 3 is 2.80 bits per heavy atom. The minimum atomic E-state index is -0.259. The van der Waals surface area contributed by atoms with Crippen molar-refractivity contribution in [3.05, 3.63) is 12.7 Å². The Hall–Kier alpha value is -1.43. The molecular formula is C9H15N5O. The average molecular weight is 209 g/mol. The van der Waals surface area contributed by atoms with E-state index < -0.39 is 0 Å². The lowest BCUT2D eigenvalue weighted by molar-refractivity contribution is -0.135. The minimum Gasteiger partial charge on any atom is -0.338 e. The summed E-state index contributed by atoms with van der Waals surface area (Å²) in [6.07, 6.45) is 3.02. The highest BCUT2D eigenvalue weighted by molar-refractivity contribution is 5.80. The maximum Gasteiger partial charge on any atom is 0.247 e. The highest BCUT2D eigenvalue weighted by Gasteiger charge is 2.23. The van der Waals surface area contributed by atoms with Gasteiger partial charge in [-0.2, -0.15) is 5.10 Å². The number of amides is 1. The van der Waals surface area contributed by atoms with E-state index in [0.29, 0.717) is 0 Å². The normalized spacial score (nSPS) is 18.9. The number of rotatable bonds is 2. The molecule has 1 unspecified atom stereocenters. The number of carbonyl (C=O) groups excluding carboxylic acids is 1. The summed E-state index contributed by atoms with van der Waals surface area (Å²) in [4.78, 5) is 17.7. The molecule has 6 heteroatoms. The van der Waals surface area contributed by atoms with Crippen LogP contribution in [0.1, 0.15) is 13.0 Å². The number of hydrogen-bond acceptors (Lipinski definition) is 4. The van der Waals surface area contributed by atoms with Crippen LogP contribution in [0.25, 0.3) is 0 Å². The molecule has 1 fully saturated rings. The first-order valence-corrected chi connectivity index (χ1v) is 5.12. The molecule has 82 valence electrons. The molecule has 0 aromatic carbocycles. The van der Waals surface area contributed by atoms with Gasteiger partial charge in [-0.05, 0) is 6.92 Å². The number of hydrogen-bond donors (Lipinski definition) is 1. The monoisotopic (exact) mass is 209 g/mol. The topological polar surface area (TPSA) is 63.1 Å². The van der Waals surface area contributed by atoms with Crippen LogP contribution in [0.5, 0.6) is 0 Å². The average Bonchev–Trinajstić information content (AvgIpc) is 2.82. The summed E-state index contributed by atoms with van der Waals surface area (Å²) in [5.41, 5.74) is 0. The Bertz CT molecular complexity index is 317. The second kappa shape index (κ2) is 4.39. The van der Waals surface area contributed by atoms with Crippen molar-refractivity contribution in [1.82, 2.24) is 25.0 Å². The first-order valence-electron chi connectivity index (χ1n) is 5.12. The predicted molar refractivity (Wildman–Crippen MR) is 54.2 cm³/mol. The van der Waals surface area contributed by atoms with Gasteiger partial charge in [0.15, 0.2) is 0 Å². The van der Waals surface area contributed by atoms with Crippen LogP contribution in [0.2, 0.25) is 0 Å². The second-order valence-electron chi connectivity index (χ2n) is 3.63. The summed E-state index contributed by atoms with van der Waals surface area (Å²) >= 11 is 0. The predicted octanol–water partition coefficient (Wildman–Crippen LogP) is -0.729. The molecule has 1 aromatic heterocycles. The number of nitrogens with zero attached hydrogens (tertiary/aromatic N) is 4. The molecule has 6 nitrogen and oxygen atoms in total. The van der Waals surface area contributed by atoms with Gasteiger partial charge in [0.05, 0.1) is 0 Å². The van der Waals surface area contributed by atoms with Crippen LogP contribution in [-0.4, -0.2) is 51.8 Å². The van der Waals surface area contributed by atoms with Gasteiger partial charge in [0.2, 0.25) is 5.91 Å². The van der Waals surface area contributed by atoms with Crippen molar-refractivity contribution in [1.29, 1.82) is 0 Å². The van der Waals surface area contributed by atoms with E-state index in [2.05, 4.69) is 15.4 Å². The molecule has 15 heavy (non-hydrogen) atoms. The molecule has 1 atom stereocenters. The fourth-order valence-electron chi connectivity index (χ4n) is 1.68. The first-order chi connectivity index (χ1) is 7.29. The molecule has 0 spiro atoms. The van der Waals surface area contributed by atoms with Crippen molar-refractivity contribution < 1.29 is 4.79 Å². The molecule has 1 amide bonds. The van der Waals surface area contributed by atoms with E-state index >= 15 is 0 Å². The molecule has 1 N–H and O–H groups in total. The van der Waals surface area contributed by atoms with E-state index in [1.807, 2.05) is 11.8 Å². The first kappa shape index (κ1) is 10.1. The van der Waals surface area contributed by atoms with E-state index in [4.69, 9.17) is 0 Å². The number of carbonyl (C=O) groups is 1. The van der Waals surface area contributed by atoms with Crippen molar-refractivity contribution in [2.45, 2.75) is 13.0 Å². The quantitative estimate of drug-likeness (QED) is 0.697. The van der Waals surface area contributed by atoms with Crippen molar-refractivity contribution in [3.63, 3.8) is 0 Å². The van der Waals surface area contributed by atoms with Crippen LogP contribution in [0.3, 0.4) is 0 Å². The van der Waals surface area contributed by atoms with Crippen molar-refractivity contribution in [3.8, 4) is 0 Å². The van der Waals surface area contributed by atoms with Gasteiger partial charge in [0, 0.05) is 26.2 Å². The van der Waals surface area contributed by atoms with Gasteiger partial charge in [0.1, 0.15) is 18.7 Å². The molecule has 1 aliphatic rings. The largest absolute Gasteiger partial charge is 0.338 e. The lowest BCUT2D eigenvalue weighted by Gasteiger charge is -2.29.